The average molecular weight is 307 g/mol. The van der Waals surface area contributed by atoms with Gasteiger partial charge in [0.15, 0.2) is 0 Å². The predicted molar refractivity (Wildman–Crippen MR) is 87.9 cm³/mol. The minimum atomic E-state index is -0.253. The van der Waals surface area contributed by atoms with E-state index < -0.39 is 0 Å². The molecule has 4 heteroatoms. The molecule has 0 bridgehead atoms. The molecule has 0 aliphatic rings. The van der Waals surface area contributed by atoms with Crippen molar-refractivity contribution in [3.05, 3.63) is 58.9 Å². The molecule has 0 aromatic heterocycles. The van der Waals surface area contributed by atoms with Gasteiger partial charge in [-0.05, 0) is 42.8 Å². The molecule has 0 fully saturated rings. The molecule has 21 heavy (non-hydrogen) atoms. The summed E-state index contributed by atoms with van der Waals surface area (Å²) in [4.78, 5) is 1.92. The van der Waals surface area contributed by atoms with E-state index in [9.17, 15) is 4.39 Å². The summed E-state index contributed by atoms with van der Waals surface area (Å²) >= 11 is 6.36. The van der Waals surface area contributed by atoms with Gasteiger partial charge < -0.3 is 10.2 Å². The van der Waals surface area contributed by atoms with Crippen molar-refractivity contribution in [2.45, 2.75) is 19.9 Å². The molecule has 0 radical (unpaired) electrons. The third kappa shape index (κ3) is 3.96. The highest BCUT2D eigenvalue weighted by Crippen LogP contribution is 2.34. The number of hydrogen-bond acceptors (Lipinski definition) is 2. The van der Waals surface area contributed by atoms with Gasteiger partial charge in [-0.3, -0.25) is 0 Å². The van der Waals surface area contributed by atoms with Crippen molar-refractivity contribution in [2.75, 3.05) is 18.5 Å². The van der Waals surface area contributed by atoms with Crippen LogP contribution in [0, 0.1) is 5.82 Å². The van der Waals surface area contributed by atoms with E-state index in [1.54, 1.807) is 6.07 Å². The lowest BCUT2D eigenvalue weighted by Gasteiger charge is -2.24. The first kappa shape index (κ1) is 15.8. The van der Waals surface area contributed by atoms with Gasteiger partial charge in [-0.2, -0.15) is 0 Å². The molecule has 0 heterocycles. The molecule has 0 aliphatic heterocycles. The molecule has 2 rings (SSSR count). The molecule has 0 amide bonds. The molecule has 0 unspecified atom stereocenters. The Balaban J connectivity index is 2.32. The maximum atomic E-state index is 13.4. The second kappa shape index (κ2) is 7.43. The maximum Gasteiger partial charge on any atom is 0.125 e. The van der Waals surface area contributed by atoms with Gasteiger partial charge in [0.2, 0.25) is 0 Å². The van der Waals surface area contributed by atoms with Crippen molar-refractivity contribution < 1.29 is 4.39 Å². The Kier molecular flexibility index (Phi) is 5.59. The minimum absolute atomic E-state index is 0.253. The average Bonchev–Trinajstić information content (AvgIpc) is 2.47. The van der Waals surface area contributed by atoms with E-state index in [4.69, 9.17) is 11.6 Å². The zero-order chi connectivity index (χ0) is 15.2. The predicted octanol–water partition coefficient (Wildman–Crippen LogP) is 4.75. The molecule has 0 atom stereocenters. The number of nitrogens with one attached hydrogen (secondary N) is 1. The Morgan fingerprint density at radius 2 is 1.95 bits per heavy atom. The van der Waals surface area contributed by atoms with Crippen molar-refractivity contribution in [1.82, 2.24) is 5.32 Å². The van der Waals surface area contributed by atoms with Gasteiger partial charge in [-0.15, -0.1) is 0 Å². The van der Waals surface area contributed by atoms with Gasteiger partial charge >= 0.3 is 0 Å². The van der Waals surface area contributed by atoms with Crippen LogP contribution in [0.2, 0.25) is 5.02 Å². The summed E-state index contributed by atoms with van der Waals surface area (Å²) in [5.74, 6) is -0.253. The van der Waals surface area contributed by atoms with Gasteiger partial charge in [-0.1, -0.05) is 36.7 Å². The number of benzene rings is 2. The van der Waals surface area contributed by atoms with Crippen LogP contribution in [0.4, 0.5) is 15.8 Å². The molecule has 2 aromatic carbocycles. The standard InChI is InChI=1S/C17H20ClFN2/c1-3-10-20-12-13-6-4-9-16(18)17(13)21(2)15-8-5-7-14(19)11-15/h4-9,11,20H,3,10,12H2,1-2H3. The zero-order valence-corrected chi connectivity index (χ0v) is 13.1. The van der Waals surface area contributed by atoms with Crippen molar-refractivity contribution in [3.8, 4) is 0 Å². The van der Waals surface area contributed by atoms with Gasteiger partial charge in [0.25, 0.3) is 0 Å². The second-order valence-electron chi connectivity index (χ2n) is 4.96. The molecular weight excluding hydrogens is 287 g/mol. The van der Waals surface area contributed by atoms with E-state index in [1.807, 2.05) is 36.2 Å². The summed E-state index contributed by atoms with van der Waals surface area (Å²) in [6, 6.07) is 12.4. The van der Waals surface area contributed by atoms with E-state index >= 15 is 0 Å². The monoisotopic (exact) mass is 306 g/mol. The van der Waals surface area contributed by atoms with Crippen molar-refractivity contribution in [2.24, 2.45) is 0 Å². The lowest BCUT2D eigenvalue weighted by molar-refractivity contribution is 0.628. The summed E-state index contributed by atoms with van der Waals surface area (Å²) in [5, 5.41) is 4.04. The maximum absolute atomic E-state index is 13.4. The Labute approximate surface area is 130 Å². The summed E-state index contributed by atoms with van der Waals surface area (Å²) in [6.07, 6.45) is 1.08. The SMILES string of the molecule is CCCNCc1cccc(Cl)c1N(C)c1cccc(F)c1. The fourth-order valence-electron chi connectivity index (χ4n) is 2.29. The number of hydrogen-bond donors (Lipinski definition) is 1. The fraction of sp³-hybridized carbons (Fsp3) is 0.294. The minimum Gasteiger partial charge on any atom is -0.343 e. The molecule has 0 saturated heterocycles. The van der Waals surface area contributed by atoms with Crippen LogP contribution in [0.1, 0.15) is 18.9 Å². The second-order valence-corrected chi connectivity index (χ2v) is 5.37. The van der Waals surface area contributed by atoms with E-state index in [-0.39, 0.29) is 5.82 Å². The Morgan fingerprint density at radius 1 is 1.19 bits per heavy atom. The third-order valence-corrected chi connectivity index (χ3v) is 3.65. The van der Waals surface area contributed by atoms with E-state index in [0.29, 0.717) is 5.02 Å². The lowest BCUT2D eigenvalue weighted by atomic mass is 10.1. The zero-order valence-electron chi connectivity index (χ0n) is 12.4. The molecule has 1 N–H and O–H groups in total. The van der Waals surface area contributed by atoms with Gasteiger partial charge in [0.05, 0.1) is 10.7 Å². The van der Waals surface area contributed by atoms with Crippen LogP contribution in [0.5, 0.6) is 0 Å². The first-order chi connectivity index (χ1) is 10.1. The number of halogens is 2. The van der Waals surface area contributed by atoms with E-state index in [2.05, 4.69) is 12.2 Å². The van der Waals surface area contributed by atoms with Crippen LogP contribution < -0.4 is 10.2 Å². The summed E-state index contributed by atoms with van der Waals surface area (Å²) in [6.45, 7) is 3.82. The van der Waals surface area contributed by atoms with E-state index in [1.165, 1.54) is 12.1 Å². The van der Waals surface area contributed by atoms with Crippen molar-refractivity contribution in [1.29, 1.82) is 0 Å². The van der Waals surface area contributed by atoms with E-state index in [0.717, 1.165) is 36.4 Å². The molecule has 2 nitrogen and oxygen atoms in total. The summed E-state index contributed by atoms with van der Waals surface area (Å²) in [7, 11) is 1.90. The van der Waals surface area contributed by atoms with Gasteiger partial charge in [0, 0.05) is 19.3 Å². The number of para-hydroxylation sites is 1. The van der Waals surface area contributed by atoms with Crippen LogP contribution >= 0.6 is 11.6 Å². The van der Waals surface area contributed by atoms with Crippen LogP contribution in [0.25, 0.3) is 0 Å². The highest BCUT2D eigenvalue weighted by atomic mass is 35.5. The van der Waals surface area contributed by atoms with Crippen LogP contribution in [0.15, 0.2) is 42.5 Å². The number of rotatable bonds is 6. The summed E-state index contributed by atoms with van der Waals surface area (Å²) in [5.41, 5.74) is 2.79. The highest BCUT2D eigenvalue weighted by molar-refractivity contribution is 6.33. The molecule has 0 spiro atoms. The van der Waals surface area contributed by atoms with Gasteiger partial charge in [0.1, 0.15) is 5.82 Å². The topological polar surface area (TPSA) is 15.3 Å². The lowest BCUT2D eigenvalue weighted by Crippen LogP contribution is -2.18. The molecular formula is C17H20ClFN2. The first-order valence-corrected chi connectivity index (χ1v) is 7.48. The van der Waals surface area contributed by atoms with Crippen LogP contribution in [-0.4, -0.2) is 13.6 Å². The van der Waals surface area contributed by atoms with Gasteiger partial charge in [-0.25, -0.2) is 4.39 Å². The first-order valence-electron chi connectivity index (χ1n) is 7.11. The van der Waals surface area contributed by atoms with Crippen molar-refractivity contribution in [3.63, 3.8) is 0 Å². The quantitative estimate of drug-likeness (QED) is 0.775. The molecule has 112 valence electrons. The van der Waals surface area contributed by atoms with Crippen molar-refractivity contribution >= 4 is 23.0 Å². The van der Waals surface area contributed by atoms with Crippen LogP contribution in [0.3, 0.4) is 0 Å². The number of nitrogens with zero attached hydrogens (tertiary/aromatic N) is 1. The highest BCUT2D eigenvalue weighted by Gasteiger charge is 2.13. The normalized spacial score (nSPS) is 10.7. The smallest absolute Gasteiger partial charge is 0.125 e. The molecule has 2 aromatic rings. The Hall–Kier alpha value is -1.58. The number of anilines is 2. The van der Waals surface area contributed by atoms with Crippen LogP contribution in [-0.2, 0) is 6.54 Å². The molecule has 0 saturated carbocycles. The Bertz CT molecular complexity index is 601. The largest absolute Gasteiger partial charge is 0.343 e. The summed E-state index contributed by atoms with van der Waals surface area (Å²) < 4.78 is 13.4. The fourth-order valence-corrected chi connectivity index (χ4v) is 2.61. The third-order valence-electron chi connectivity index (χ3n) is 3.34. The Morgan fingerprint density at radius 3 is 2.67 bits per heavy atom. The molecule has 0 aliphatic carbocycles.